The van der Waals surface area contributed by atoms with Crippen molar-refractivity contribution in [2.75, 3.05) is 17.7 Å². The van der Waals surface area contributed by atoms with Crippen LogP contribution in [0, 0.1) is 11.3 Å². The highest BCUT2D eigenvalue weighted by atomic mass is 16.5. The van der Waals surface area contributed by atoms with Gasteiger partial charge in [-0.15, -0.1) is 0 Å². The quantitative estimate of drug-likeness (QED) is 0.691. The summed E-state index contributed by atoms with van der Waals surface area (Å²) in [5, 5.41) is 14.7. The normalized spacial score (nSPS) is 9.93. The van der Waals surface area contributed by atoms with Crippen molar-refractivity contribution < 1.29 is 9.53 Å². The Morgan fingerprint density at radius 2 is 1.89 bits per heavy atom. The number of aromatic nitrogens is 1. The van der Waals surface area contributed by atoms with Gasteiger partial charge in [-0.3, -0.25) is 4.79 Å². The van der Waals surface area contributed by atoms with Crippen molar-refractivity contribution in [1.29, 1.82) is 5.26 Å². The first-order valence-electron chi connectivity index (χ1n) is 8.33. The number of carbonyl (C=O) groups excluding carboxylic acids is 1. The summed E-state index contributed by atoms with van der Waals surface area (Å²) in [4.78, 5) is 17.0. The summed E-state index contributed by atoms with van der Waals surface area (Å²) in [6.45, 7) is 0. The number of nitrogens with zero attached hydrogens (tertiary/aromatic N) is 2. The molecule has 0 bridgehead atoms. The van der Waals surface area contributed by atoms with Gasteiger partial charge < -0.3 is 15.4 Å². The van der Waals surface area contributed by atoms with Gasteiger partial charge in [-0.25, -0.2) is 4.98 Å². The number of methoxy groups -OCH3 is 1. The number of hydrogen-bond acceptors (Lipinski definition) is 5. The van der Waals surface area contributed by atoms with Gasteiger partial charge in [0.2, 0.25) is 0 Å². The molecule has 0 unspecified atom stereocenters. The zero-order valence-corrected chi connectivity index (χ0v) is 14.8. The first-order chi connectivity index (χ1) is 13.2. The van der Waals surface area contributed by atoms with E-state index in [2.05, 4.69) is 21.7 Å². The second-order valence-corrected chi connectivity index (χ2v) is 5.71. The molecule has 0 saturated heterocycles. The van der Waals surface area contributed by atoms with Crippen molar-refractivity contribution in [2.45, 2.75) is 6.42 Å². The summed E-state index contributed by atoms with van der Waals surface area (Å²) in [5.74, 6) is 0.803. The molecule has 0 fully saturated rings. The molecule has 0 atom stereocenters. The number of amides is 1. The summed E-state index contributed by atoms with van der Waals surface area (Å²) in [6.07, 6.45) is 1.95. The molecule has 3 aromatic rings. The minimum Gasteiger partial charge on any atom is -0.495 e. The van der Waals surface area contributed by atoms with Crippen LogP contribution in [0.5, 0.6) is 5.75 Å². The molecule has 0 aliphatic heterocycles. The second kappa shape index (κ2) is 8.50. The molecule has 2 aromatic carbocycles. The Hall–Kier alpha value is -3.85. The Bertz CT molecular complexity index is 978. The smallest absolute Gasteiger partial charge is 0.259 e. The minimum atomic E-state index is -0.284. The van der Waals surface area contributed by atoms with Gasteiger partial charge in [-0.05, 0) is 42.0 Å². The number of carbonyl (C=O) groups is 1. The van der Waals surface area contributed by atoms with E-state index < -0.39 is 0 Å². The molecule has 6 nitrogen and oxygen atoms in total. The third kappa shape index (κ3) is 4.41. The van der Waals surface area contributed by atoms with Crippen LogP contribution in [0.4, 0.5) is 17.2 Å². The molecule has 0 spiro atoms. The number of hydrogen-bond donors (Lipinski definition) is 2. The standard InChI is InChI=1S/C21H18N4O2/c1-27-19-7-3-2-6-18(19)25-20-17(5-4-14-23-20)21(26)24-16-10-8-15(9-11-16)12-13-22/h2-11,14H,12H2,1H3,(H,23,25)(H,24,26). The van der Waals surface area contributed by atoms with E-state index in [0.29, 0.717) is 34.9 Å². The van der Waals surface area contributed by atoms with Crippen molar-refractivity contribution in [3.63, 3.8) is 0 Å². The van der Waals surface area contributed by atoms with Crippen LogP contribution in [-0.2, 0) is 6.42 Å². The maximum atomic E-state index is 12.7. The van der Waals surface area contributed by atoms with E-state index in [1.54, 1.807) is 37.6 Å². The fourth-order valence-electron chi connectivity index (χ4n) is 2.56. The van der Waals surface area contributed by atoms with Crippen LogP contribution in [-0.4, -0.2) is 18.0 Å². The molecule has 2 N–H and O–H groups in total. The fraction of sp³-hybridized carbons (Fsp3) is 0.0952. The van der Waals surface area contributed by atoms with E-state index in [9.17, 15) is 4.79 Å². The van der Waals surface area contributed by atoms with Crippen molar-refractivity contribution in [2.24, 2.45) is 0 Å². The number of para-hydroxylation sites is 2. The van der Waals surface area contributed by atoms with Crippen molar-refractivity contribution in [1.82, 2.24) is 4.98 Å². The Balaban J connectivity index is 1.80. The summed E-state index contributed by atoms with van der Waals surface area (Å²) >= 11 is 0. The molecule has 6 heteroatoms. The van der Waals surface area contributed by atoms with Crippen LogP contribution in [0.25, 0.3) is 0 Å². The molecule has 1 aromatic heterocycles. The van der Waals surface area contributed by atoms with Gasteiger partial charge >= 0.3 is 0 Å². The fourth-order valence-corrected chi connectivity index (χ4v) is 2.56. The maximum Gasteiger partial charge on any atom is 0.259 e. The number of nitriles is 1. The molecule has 1 amide bonds. The van der Waals surface area contributed by atoms with Crippen LogP contribution in [0.2, 0.25) is 0 Å². The Morgan fingerprint density at radius 3 is 2.63 bits per heavy atom. The van der Waals surface area contributed by atoms with E-state index in [4.69, 9.17) is 10.00 Å². The molecular weight excluding hydrogens is 340 g/mol. The van der Waals surface area contributed by atoms with Crippen LogP contribution in [0.1, 0.15) is 15.9 Å². The van der Waals surface area contributed by atoms with E-state index >= 15 is 0 Å². The summed E-state index contributed by atoms with van der Waals surface area (Å²) in [6, 6.07) is 20.1. The average Bonchev–Trinajstić information content (AvgIpc) is 2.70. The largest absolute Gasteiger partial charge is 0.495 e. The topological polar surface area (TPSA) is 87.0 Å². The lowest BCUT2D eigenvalue weighted by Crippen LogP contribution is -2.14. The highest BCUT2D eigenvalue weighted by Gasteiger charge is 2.14. The molecule has 3 rings (SSSR count). The average molecular weight is 358 g/mol. The van der Waals surface area contributed by atoms with Crippen molar-refractivity contribution in [3.05, 3.63) is 78.0 Å². The van der Waals surface area contributed by atoms with Crippen LogP contribution in [0.15, 0.2) is 66.9 Å². The maximum absolute atomic E-state index is 12.7. The highest BCUT2D eigenvalue weighted by molar-refractivity contribution is 6.07. The van der Waals surface area contributed by atoms with Gasteiger partial charge in [0.25, 0.3) is 5.91 Å². The van der Waals surface area contributed by atoms with Gasteiger partial charge in [0, 0.05) is 11.9 Å². The predicted octanol–water partition coefficient (Wildman–Crippen LogP) is 4.15. The Labute approximate surface area is 157 Å². The van der Waals surface area contributed by atoms with Gasteiger partial charge in [0.05, 0.1) is 30.9 Å². The number of anilines is 3. The third-order valence-corrected chi connectivity index (χ3v) is 3.91. The van der Waals surface area contributed by atoms with E-state index in [1.807, 2.05) is 36.4 Å². The summed E-state index contributed by atoms with van der Waals surface area (Å²) in [7, 11) is 1.59. The molecule has 1 heterocycles. The summed E-state index contributed by atoms with van der Waals surface area (Å²) < 4.78 is 5.33. The Kier molecular flexibility index (Phi) is 5.65. The van der Waals surface area contributed by atoms with Gasteiger partial charge in [0.15, 0.2) is 0 Å². The number of ether oxygens (including phenoxy) is 1. The number of benzene rings is 2. The molecule has 27 heavy (non-hydrogen) atoms. The van der Waals surface area contributed by atoms with Crippen LogP contribution < -0.4 is 15.4 Å². The highest BCUT2D eigenvalue weighted by Crippen LogP contribution is 2.27. The number of rotatable bonds is 6. The van der Waals surface area contributed by atoms with E-state index in [-0.39, 0.29) is 5.91 Å². The third-order valence-electron chi connectivity index (χ3n) is 3.91. The number of pyridine rings is 1. The monoisotopic (exact) mass is 358 g/mol. The first-order valence-corrected chi connectivity index (χ1v) is 8.33. The van der Waals surface area contributed by atoms with E-state index in [1.165, 1.54) is 0 Å². The molecule has 0 aliphatic rings. The molecule has 0 saturated carbocycles. The zero-order chi connectivity index (χ0) is 19.1. The molecular formula is C21H18N4O2. The van der Waals surface area contributed by atoms with Gasteiger partial charge in [0.1, 0.15) is 11.6 Å². The minimum absolute atomic E-state index is 0.284. The summed E-state index contributed by atoms with van der Waals surface area (Å²) in [5.41, 5.74) is 2.67. The zero-order valence-electron chi connectivity index (χ0n) is 14.8. The SMILES string of the molecule is COc1ccccc1Nc1ncccc1C(=O)Nc1ccc(CC#N)cc1. The molecule has 0 aliphatic carbocycles. The molecule has 134 valence electrons. The van der Waals surface area contributed by atoms with Crippen molar-refractivity contribution in [3.8, 4) is 11.8 Å². The van der Waals surface area contributed by atoms with Gasteiger partial charge in [-0.1, -0.05) is 24.3 Å². The van der Waals surface area contributed by atoms with Crippen molar-refractivity contribution >= 4 is 23.1 Å². The molecule has 0 radical (unpaired) electrons. The lowest BCUT2D eigenvalue weighted by Gasteiger charge is -2.13. The van der Waals surface area contributed by atoms with Crippen LogP contribution >= 0.6 is 0 Å². The second-order valence-electron chi connectivity index (χ2n) is 5.71. The van der Waals surface area contributed by atoms with E-state index in [0.717, 1.165) is 5.56 Å². The van der Waals surface area contributed by atoms with Gasteiger partial charge in [-0.2, -0.15) is 5.26 Å². The predicted molar refractivity (Wildman–Crippen MR) is 104 cm³/mol. The Morgan fingerprint density at radius 1 is 1.11 bits per heavy atom. The lowest BCUT2D eigenvalue weighted by molar-refractivity contribution is 0.102. The first kappa shape index (κ1) is 18.0. The number of nitrogens with one attached hydrogen (secondary N) is 2. The lowest BCUT2D eigenvalue weighted by atomic mass is 10.1. The van der Waals surface area contributed by atoms with Crippen LogP contribution in [0.3, 0.4) is 0 Å².